The van der Waals surface area contributed by atoms with E-state index in [1.807, 2.05) is 11.4 Å². The highest BCUT2D eigenvalue weighted by Crippen LogP contribution is 2.29. The van der Waals surface area contributed by atoms with Gasteiger partial charge in [-0.1, -0.05) is 0 Å². The van der Waals surface area contributed by atoms with Gasteiger partial charge in [-0.25, -0.2) is 14.4 Å². The third-order valence-corrected chi connectivity index (χ3v) is 3.27. The van der Waals surface area contributed by atoms with Crippen LogP contribution < -0.4 is 0 Å². The van der Waals surface area contributed by atoms with E-state index in [2.05, 4.69) is 9.97 Å². The zero-order chi connectivity index (χ0) is 11.0. The Bertz CT molecular complexity index is 631. The quantitative estimate of drug-likeness (QED) is 0.639. The predicted octanol–water partition coefficient (Wildman–Crippen LogP) is 3.50. The normalized spacial score (nSPS) is 10.8. The second kappa shape index (κ2) is 3.64. The number of hydrogen-bond acceptors (Lipinski definition) is 3. The molecule has 3 aromatic rings. The standard InChI is InChI=1S/C12H7FN2S/c13-9-3-1-8(2-4-9)11-12-10(5-6-16-12)14-7-15-11/h1-7H. The second-order valence-corrected chi connectivity index (χ2v) is 4.28. The van der Waals surface area contributed by atoms with Gasteiger partial charge < -0.3 is 0 Å². The summed E-state index contributed by atoms with van der Waals surface area (Å²) in [5.41, 5.74) is 2.70. The largest absolute Gasteiger partial charge is 0.235 e. The zero-order valence-electron chi connectivity index (χ0n) is 8.22. The summed E-state index contributed by atoms with van der Waals surface area (Å²) in [7, 11) is 0. The minimum atomic E-state index is -0.236. The van der Waals surface area contributed by atoms with Crippen LogP contribution >= 0.6 is 11.3 Å². The smallest absolute Gasteiger partial charge is 0.123 e. The van der Waals surface area contributed by atoms with Crippen LogP contribution in [0.3, 0.4) is 0 Å². The van der Waals surface area contributed by atoms with Crippen molar-refractivity contribution in [1.29, 1.82) is 0 Å². The lowest BCUT2D eigenvalue weighted by atomic mass is 10.1. The van der Waals surface area contributed by atoms with Crippen LogP contribution in [0.4, 0.5) is 4.39 Å². The number of benzene rings is 1. The Labute approximate surface area is 95.4 Å². The zero-order valence-corrected chi connectivity index (χ0v) is 9.04. The van der Waals surface area contributed by atoms with E-state index in [1.54, 1.807) is 23.5 Å². The van der Waals surface area contributed by atoms with Crippen molar-refractivity contribution in [3.05, 3.63) is 47.9 Å². The molecule has 2 aromatic heterocycles. The van der Waals surface area contributed by atoms with Gasteiger partial charge in [0, 0.05) is 5.56 Å². The van der Waals surface area contributed by atoms with Crippen LogP contribution in [0.1, 0.15) is 0 Å². The van der Waals surface area contributed by atoms with E-state index in [4.69, 9.17) is 0 Å². The fourth-order valence-electron chi connectivity index (χ4n) is 1.60. The van der Waals surface area contributed by atoms with Crippen molar-refractivity contribution in [1.82, 2.24) is 9.97 Å². The van der Waals surface area contributed by atoms with Crippen molar-refractivity contribution in [3.8, 4) is 11.3 Å². The van der Waals surface area contributed by atoms with Gasteiger partial charge in [-0.2, -0.15) is 0 Å². The predicted molar refractivity (Wildman–Crippen MR) is 62.8 cm³/mol. The molecule has 0 fully saturated rings. The highest BCUT2D eigenvalue weighted by Gasteiger charge is 2.06. The molecule has 0 unspecified atom stereocenters. The molecule has 0 N–H and O–H groups in total. The lowest BCUT2D eigenvalue weighted by molar-refractivity contribution is 0.628. The maximum absolute atomic E-state index is 12.8. The summed E-state index contributed by atoms with van der Waals surface area (Å²) in [6.45, 7) is 0. The lowest BCUT2D eigenvalue weighted by Crippen LogP contribution is -1.85. The van der Waals surface area contributed by atoms with Crippen LogP contribution in [0.15, 0.2) is 42.0 Å². The molecule has 0 saturated heterocycles. The average Bonchev–Trinajstić information content (AvgIpc) is 2.78. The Kier molecular flexibility index (Phi) is 2.15. The maximum Gasteiger partial charge on any atom is 0.123 e. The Morgan fingerprint density at radius 1 is 1.00 bits per heavy atom. The topological polar surface area (TPSA) is 25.8 Å². The molecule has 0 aliphatic heterocycles. The van der Waals surface area contributed by atoms with Crippen LogP contribution in [0.2, 0.25) is 0 Å². The Hall–Kier alpha value is -1.81. The molecule has 2 heterocycles. The molecule has 0 amide bonds. The van der Waals surface area contributed by atoms with Gasteiger partial charge in [0.05, 0.1) is 15.9 Å². The van der Waals surface area contributed by atoms with Crippen molar-refractivity contribution >= 4 is 21.6 Å². The van der Waals surface area contributed by atoms with Gasteiger partial charge >= 0.3 is 0 Å². The number of aromatic nitrogens is 2. The summed E-state index contributed by atoms with van der Waals surface area (Å²) < 4.78 is 13.9. The van der Waals surface area contributed by atoms with Gasteiger partial charge in [0.1, 0.15) is 12.1 Å². The molecule has 0 aliphatic rings. The minimum Gasteiger partial charge on any atom is -0.235 e. The van der Waals surface area contributed by atoms with Crippen molar-refractivity contribution in [3.63, 3.8) is 0 Å². The monoisotopic (exact) mass is 230 g/mol. The van der Waals surface area contributed by atoms with E-state index in [9.17, 15) is 4.39 Å². The summed E-state index contributed by atoms with van der Waals surface area (Å²) in [5, 5.41) is 1.98. The van der Waals surface area contributed by atoms with E-state index in [0.29, 0.717) is 0 Å². The first-order chi connectivity index (χ1) is 7.84. The van der Waals surface area contributed by atoms with Crippen molar-refractivity contribution in [2.45, 2.75) is 0 Å². The SMILES string of the molecule is Fc1ccc(-c2ncnc3ccsc23)cc1. The Morgan fingerprint density at radius 3 is 2.62 bits per heavy atom. The molecule has 0 spiro atoms. The number of thiophene rings is 1. The summed E-state index contributed by atoms with van der Waals surface area (Å²) in [5.74, 6) is -0.236. The van der Waals surface area contributed by atoms with E-state index < -0.39 is 0 Å². The van der Waals surface area contributed by atoms with Gasteiger partial charge in [-0.15, -0.1) is 11.3 Å². The third-order valence-electron chi connectivity index (χ3n) is 2.36. The first kappa shape index (κ1) is 9.42. The van der Waals surface area contributed by atoms with Crippen LogP contribution in [-0.2, 0) is 0 Å². The number of nitrogens with zero attached hydrogens (tertiary/aromatic N) is 2. The summed E-state index contributed by atoms with van der Waals surface area (Å²) in [6, 6.07) is 8.30. The van der Waals surface area contributed by atoms with Crippen molar-refractivity contribution in [2.24, 2.45) is 0 Å². The fourth-order valence-corrected chi connectivity index (χ4v) is 2.46. The first-order valence-corrected chi connectivity index (χ1v) is 5.67. The second-order valence-electron chi connectivity index (χ2n) is 3.36. The molecular weight excluding hydrogens is 223 g/mol. The number of hydrogen-bond donors (Lipinski definition) is 0. The summed E-state index contributed by atoms with van der Waals surface area (Å²) in [6.07, 6.45) is 1.54. The van der Waals surface area contributed by atoms with E-state index >= 15 is 0 Å². The first-order valence-electron chi connectivity index (χ1n) is 4.79. The summed E-state index contributed by atoms with van der Waals surface area (Å²) >= 11 is 1.59. The minimum absolute atomic E-state index is 0.236. The molecule has 78 valence electrons. The molecule has 0 radical (unpaired) electrons. The average molecular weight is 230 g/mol. The van der Waals surface area contributed by atoms with Crippen molar-refractivity contribution in [2.75, 3.05) is 0 Å². The highest BCUT2D eigenvalue weighted by atomic mass is 32.1. The molecule has 0 saturated carbocycles. The third kappa shape index (κ3) is 1.47. The van der Waals surface area contributed by atoms with Gasteiger partial charge in [0.2, 0.25) is 0 Å². The molecule has 4 heteroatoms. The van der Waals surface area contributed by atoms with Crippen LogP contribution in [0.25, 0.3) is 21.5 Å². The summed E-state index contributed by atoms with van der Waals surface area (Å²) in [4.78, 5) is 8.43. The molecule has 0 atom stereocenters. The molecule has 16 heavy (non-hydrogen) atoms. The van der Waals surface area contributed by atoms with Gasteiger partial charge in [-0.05, 0) is 35.7 Å². The van der Waals surface area contributed by atoms with Crippen LogP contribution in [0, 0.1) is 5.82 Å². The molecular formula is C12H7FN2S. The fraction of sp³-hybridized carbons (Fsp3) is 0. The van der Waals surface area contributed by atoms with Crippen molar-refractivity contribution < 1.29 is 4.39 Å². The molecule has 2 nitrogen and oxygen atoms in total. The van der Waals surface area contributed by atoms with Gasteiger partial charge in [0.15, 0.2) is 0 Å². The number of rotatable bonds is 1. The Balaban J connectivity index is 2.25. The van der Waals surface area contributed by atoms with E-state index in [1.165, 1.54) is 18.5 Å². The highest BCUT2D eigenvalue weighted by molar-refractivity contribution is 7.17. The maximum atomic E-state index is 12.8. The molecule has 0 bridgehead atoms. The lowest BCUT2D eigenvalue weighted by Gasteiger charge is -2.01. The Morgan fingerprint density at radius 2 is 1.81 bits per heavy atom. The van der Waals surface area contributed by atoms with Crippen LogP contribution in [-0.4, -0.2) is 9.97 Å². The number of halogens is 1. The number of fused-ring (bicyclic) bond motifs is 1. The molecule has 1 aromatic carbocycles. The van der Waals surface area contributed by atoms with Gasteiger partial charge in [0.25, 0.3) is 0 Å². The molecule has 3 rings (SSSR count). The molecule has 0 aliphatic carbocycles. The van der Waals surface area contributed by atoms with Gasteiger partial charge in [-0.3, -0.25) is 0 Å². The van der Waals surface area contributed by atoms with E-state index in [-0.39, 0.29) is 5.82 Å². The van der Waals surface area contributed by atoms with E-state index in [0.717, 1.165) is 21.5 Å². The van der Waals surface area contributed by atoms with Crippen LogP contribution in [0.5, 0.6) is 0 Å².